The van der Waals surface area contributed by atoms with Crippen LogP contribution in [-0.2, 0) is 7.05 Å². The van der Waals surface area contributed by atoms with Crippen molar-refractivity contribution in [3.63, 3.8) is 0 Å². The number of nitrogens with zero attached hydrogens (tertiary/aromatic N) is 3. The monoisotopic (exact) mass is 265 g/mol. The fourth-order valence-electron chi connectivity index (χ4n) is 2.45. The third-order valence-electron chi connectivity index (χ3n) is 3.83. The van der Waals surface area contributed by atoms with Gasteiger partial charge in [0.2, 0.25) is 0 Å². The molecule has 1 aromatic heterocycles. The number of hydrogen-bond donors (Lipinski definition) is 2. The predicted octanol–water partition coefficient (Wildman–Crippen LogP) is 0.462. The van der Waals surface area contributed by atoms with Gasteiger partial charge in [-0.05, 0) is 32.7 Å². The van der Waals surface area contributed by atoms with E-state index in [1.54, 1.807) is 7.05 Å². The molecule has 0 bridgehead atoms. The van der Waals surface area contributed by atoms with Gasteiger partial charge in [-0.15, -0.1) is 0 Å². The summed E-state index contributed by atoms with van der Waals surface area (Å²) in [6.07, 6.45) is 2.65. The van der Waals surface area contributed by atoms with Gasteiger partial charge in [-0.2, -0.15) is 5.10 Å². The molecule has 1 saturated heterocycles. The number of hydrogen-bond acceptors (Lipinski definition) is 4. The molecule has 0 aromatic carbocycles. The van der Waals surface area contributed by atoms with E-state index in [1.165, 1.54) is 10.9 Å². The first-order valence-electron chi connectivity index (χ1n) is 6.78. The minimum Gasteiger partial charge on any atom is -0.383 e. The van der Waals surface area contributed by atoms with Crippen LogP contribution in [-0.4, -0.2) is 46.3 Å². The maximum Gasteiger partial charge on any atom is 0.256 e. The second-order valence-corrected chi connectivity index (χ2v) is 5.52. The molecule has 1 unspecified atom stereocenters. The highest BCUT2D eigenvalue weighted by molar-refractivity contribution is 5.98. The smallest absolute Gasteiger partial charge is 0.256 e. The summed E-state index contributed by atoms with van der Waals surface area (Å²) in [5.41, 5.74) is 6.24. The Morgan fingerprint density at radius 1 is 1.63 bits per heavy atom. The lowest BCUT2D eigenvalue weighted by atomic mass is 10.1. The van der Waals surface area contributed by atoms with Crippen LogP contribution in [0.25, 0.3) is 0 Å². The standard InChI is InChI=1S/C13H23N5O/c1-9(2)18-5-4-10(8-18)6-15-13(19)11-7-16-17(3)12(11)14/h7,9-10H,4-6,8,14H2,1-3H3,(H,15,19). The van der Waals surface area contributed by atoms with Gasteiger partial charge in [0.05, 0.1) is 6.20 Å². The van der Waals surface area contributed by atoms with Gasteiger partial charge in [0.25, 0.3) is 5.91 Å². The minimum atomic E-state index is -0.131. The third kappa shape index (κ3) is 3.07. The van der Waals surface area contributed by atoms with Crippen molar-refractivity contribution in [2.24, 2.45) is 13.0 Å². The Kier molecular flexibility index (Phi) is 4.09. The summed E-state index contributed by atoms with van der Waals surface area (Å²) in [6, 6.07) is 0.578. The van der Waals surface area contributed by atoms with Crippen molar-refractivity contribution in [1.29, 1.82) is 0 Å². The number of nitrogens with one attached hydrogen (secondary N) is 1. The second kappa shape index (κ2) is 5.61. The summed E-state index contributed by atoms with van der Waals surface area (Å²) >= 11 is 0. The van der Waals surface area contributed by atoms with E-state index in [1.807, 2.05) is 0 Å². The van der Waals surface area contributed by atoms with Gasteiger partial charge in [-0.3, -0.25) is 9.48 Å². The molecule has 0 aliphatic carbocycles. The molecular weight excluding hydrogens is 242 g/mol. The molecule has 1 aliphatic heterocycles. The molecule has 1 aliphatic rings. The summed E-state index contributed by atoms with van der Waals surface area (Å²) in [7, 11) is 1.73. The quantitative estimate of drug-likeness (QED) is 0.829. The average Bonchev–Trinajstić information content (AvgIpc) is 2.95. The van der Waals surface area contributed by atoms with E-state index < -0.39 is 0 Å². The number of carbonyl (C=O) groups is 1. The Balaban J connectivity index is 1.83. The average molecular weight is 265 g/mol. The van der Waals surface area contributed by atoms with E-state index in [4.69, 9.17) is 5.73 Å². The van der Waals surface area contributed by atoms with Crippen molar-refractivity contribution in [3.05, 3.63) is 11.8 Å². The van der Waals surface area contributed by atoms with Gasteiger partial charge in [-0.1, -0.05) is 0 Å². The van der Waals surface area contributed by atoms with Gasteiger partial charge in [-0.25, -0.2) is 0 Å². The Labute approximate surface area is 113 Å². The van der Waals surface area contributed by atoms with Gasteiger partial charge in [0.1, 0.15) is 11.4 Å². The van der Waals surface area contributed by atoms with Crippen LogP contribution in [0, 0.1) is 5.92 Å². The van der Waals surface area contributed by atoms with Crippen LogP contribution in [0.5, 0.6) is 0 Å². The predicted molar refractivity (Wildman–Crippen MR) is 74.8 cm³/mol. The molecule has 1 atom stereocenters. The molecule has 1 amide bonds. The lowest BCUT2D eigenvalue weighted by Gasteiger charge is -2.20. The molecule has 0 spiro atoms. The zero-order valence-corrected chi connectivity index (χ0v) is 11.9. The van der Waals surface area contributed by atoms with Crippen LogP contribution in [0.4, 0.5) is 5.82 Å². The van der Waals surface area contributed by atoms with Crippen LogP contribution < -0.4 is 11.1 Å². The Morgan fingerprint density at radius 2 is 2.37 bits per heavy atom. The SMILES string of the molecule is CC(C)N1CCC(CNC(=O)c2cnn(C)c2N)C1. The van der Waals surface area contributed by atoms with Crippen molar-refractivity contribution in [3.8, 4) is 0 Å². The van der Waals surface area contributed by atoms with Crippen molar-refractivity contribution >= 4 is 11.7 Å². The molecule has 1 aromatic rings. The van der Waals surface area contributed by atoms with Gasteiger partial charge in [0, 0.05) is 26.2 Å². The van der Waals surface area contributed by atoms with E-state index in [0.717, 1.165) is 19.5 Å². The lowest BCUT2D eigenvalue weighted by Crippen LogP contribution is -2.33. The summed E-state index contributed by atoms with van der Waals surface area (Å²) < 4.78 is 1.50. The van der Waals surface area contributed by atoms with Crippen LogP contribution in [0.1, 0.15) is 30.6 Å². The molecule has 2 rings (SSSR count). The normalized spacial score (nSPS) is 20.1. The zero-order valence-electron chi connectivity index (χ0n) is 11.9. The van der Waals surface area contributed by atoms with Crippen molar-refractivity contribution in [2.75, 3.05) is 25.4 Å². The van der Waals surface area contributed by atoms with Crippen molar-refractivity contribution < 1.29 is 4.79 Å². The number of aryl methyl sites for hydroxylation is 1. The molecule has 2 heterocycles. The van der Waals surface area contributed by atoms with Crippen LogP contribution in [0.2, 0.25) is 0 Å². The third-order valence-corrected chi connectivity index (χ3v) is 3.83. The maximum absolute atomic E-state index is 12.0. The molecule has 6 nitrogen and oxygen atoms in total. The highest BCUT2D eigenvalue weighted by Gasteiger charge is 2.24. The minimum absolute atomic E-state index is 0.131. The number of nitrogen functional groups attached to an aromatic ring is 1. The number of amides is 1. The van der Waals surface area contributed by atoms with E-state index in [0.29, 0.717) is 29.9 Å². The number of anilines is 1. The van der Waals surface area contributed by atoms with Gasteiger partial charge >= 0.3 is 0 Å². The van der Waals surface area contributed by atoms with Crippen LogP contribution >= 0.6 is 0 Å². The molecule has 106 valence electrons. The molecule has 1 fully saturated rings. The number of nitrogens with two attached hydrogens (primary N) is 1. The van der Waals surface area contributed by atoms with E-state index in [9.17, 15) is 4.79 Å². The van der Waals surface area contributed by atoms with Gasteiger partial charge in [0.15, 0.2) is 0 Å². The summed E-state index contributed by atoms with van der Waals surface area (Å²) in [4.78, 5) is 14.4. The summed E-state index contributed by atoms with van der Waals surface area (Å²) in [6.45, 7) is 7.29. The fourth-order valence-corrected chi connectivity index (χ4v) is 2.45. The molecule has 6 heteroatoms. The summed E-state index contributed by atoms with van der Waals surface area (Å²) in [5.74, 6) is 0.811. The van der Waals surface area contributed by atoms with Gasteiger partial charge < -0.3 is 16.0 Å². The van der Waals surface area contributed by atoms with E-state index in [2.05, 4.69) is 29.2 Å². The Hall–Kier alpha value is -1.56. The topological polar surface area (TPSA) is 76.2 Å². The largest absolute Gasteiger partial charge is 0.383 e. The number of rotatable bonds is 4. The zero-order chi connectivity index (χ0) is 14.0. The molecule has 3 N–H and O–H groups in total. The van der Waals surface area contributed by atoms with E-state index in [-0.39, 0.29) is 5.91 Å². The van der Waals surface area contributed by atoms with Crippen molar-refractivity contribution in [2.45, 2.75) is 26.3 Å². The fraction of sp³-hybridized carbons (Fsp3) is 0.692. The Bertz CT molecular complexity index is 454. The number of aromatic nitrogens is 2. The van der Waals surface area contributed by atoms with Crippen LogP contribution in [0.3, 0.4) is 0 Å². The van der Waals surface area contributed by atoms with Crippen molar-refractivity contribution in [1.82, 2.24) is 20.0 Å². The summed E-state index contributed by atoms with van der Waals surface area (Å²) in [5, 5.41) is 6.93. The van der Waals surface area contributed by atoms with Crippen LogP contribution in [0.15, 0.2) is 6.20 Å². The highest BCUT2D eigenvalue weighted by atomic mass is 16.1. The maximum atomic E-state index is 12.0. The second-order valence-electron chi connectivity index (χ2n) is 5.52. The molecule has 0 radical (unpaired) electrons. The highest BCUT2D eigenvalue weighted by Crippen LogP contribution is 2.18. The molecule has 0 saturated carbocycles. The first-order valence-corrected chi connectivity index (χ1v) is 6.78. The molecule has 19 heavy (non-hydrogen) atoms. The number of carbonyl (C=O) groups excluding carboxylic acids is 1. The molecular formula is C13H23N5O. The Morgan fingerprint density at radius 3 is 2.89 bits per heavy atom. The first kappa shape index (κ1) is 13.9. The van der Waals surface area contributed by atoms with E-state index >= 15 is 0 Å². The first-order chi connectivity index (χ1) is 8.99. The lowest BCUT2D eigenvalue weighted by molar-refractivity contribution is 0.0948. The number of likely N-dealkylation sites (tertiary alicyclic amines) is 1.